The Morgan fingerprint density at radius 3 is 2.26 bits per heavy atom. The molecule has 0 amide bonds. The monoisotopic (exact) mass is 333 g/mol. The first-order valence-electron chi connectivity index (χ1n) is 7.02. The standard InChI is InChI=1S/C18H14F3NS/c19-18(20,21)13-8-9-15(22)14(11-13)17(16-7-4-10-23-16)12-5-2-1-3-6-12/h1-11,17H,22H2. The van der Waals surface area contributed by atoms with Crippen LogP contribution >= 0.6 is 11.3 Å². The lowest BCUT2D eigenvalue weighted by Crippen LogP contribution is -2.10. The summed E-state index contributed by atoms with van der Waals surface area (Å²) in [5, 5.41) is 1.91. The SMILES string of the molecule is Nc1ccc(C(F)(F)F)cc1C(c1ccccc1)c1cccs1. The van der Waals surface area contributed by atoms with Crippen molar-refractivity contribution in [3.63, 3.8) is 0 Å². The predicted octanol–water partition coefficient (Wildman–Crippen LogP) is 5.53. The molecule has 0 saturated heterocycles. The first-order valence-corrected chi connectivity index (χ1v) is 7.90. The lowest BCUT2D eigenvalue weighted by molar-refractivity contribution is -0.137. The second-order valence-electron chi connectivity index (χ2n) is 5.20. The molecule has 2 N–H and O–H groups in total. The quantitative estimate of drug-likeness (QED) is 0.627. The van der Waals surface area contributed by atoms with Gasteiger partial charge in [-0.25, -0.2) is 0 Å². The summed E-state index contributed by atoms with van der Waals surface area (Å²) >= 11 is 1.51. The molecule has 3 rings (SSSR count). The van der Waals surface area contributed by atoms with Gasteiger partial charge in [0.2, 0.25) is 0 Å². The van der Waals surface area contributed by atoms with Crippen molar-refractivity contribution in [2.24, 2.45) is 0 Å². The number of thiophene rings is 1. The fourth-order valence-electron chi connectivity index (χ4n) is 2.60. The van der Waals surface area contributed by atoms with Crippen molar-refractivity contribution < 1.29 is 13.2 Å². The average Bonchev–Trinajstić information content (AvgIpc) is 3.03. The number of halogens is 3. The molecule has 1 heterocycles. The highest BCUT2D eigenvalue weighted by atomic mass is 32.1. The van der Waals surface area contributed by atoms with E-state index in [1.54, 1.807) is 0 Å². The molecule has 0 spiro atoms. The van der Waals surface area contributed by atoms with E-state index in [2.05, 4.69) is 0 Å². The number of rotatable bonds is 3. The third-order valence-corrected chi connectivity index (χ3v) is 4.62. The lowest BCUT2D eigenvalue weighted by atomic mass is 9.88. The molecular formula is C18H14F3NS. The summed E-state index contributed by atoms with van der Waals surface area (Å²) in [7, 11) is 0. The first-order chi connectivity index (χ1) is 11.0. The van der Waals surface area contributed by atoms with Gasteiger partial charge in [-0.05, 0) is 40.8 Å². The van der Waals surface area contributed by atoms with Gasteiger partial charge in [0.15, 0.2) is 0 Å². The minimum atomic E-state index is -4.39. The molecule has 0 bridgehead atoms. The normalized spacial score (nSPS) is 13.0. The van der Waals surface area contributed by atoms with Gasteiger partial charge in [-0.3, -0.25) is 0 Å². The summed E-state index contributed by atoms with van der Waals surface area (Å²) in [5.41, 5.74) is 7.09. The smallest absolute Gasteiger partial charge is 0.398 e. The Morgan fingerprint density at radius 2 is 1.65 bits per heavy atom. The van der Waals surface area contributed by atoms with E-state index < -0.39 is 11.7 Å². The maximum Gasteiger partial charge on any atom is 0.416 e. The number of nitrogen functional groups attached to an aromatic ring is 1. The van der Waals surface area contributed by atoms with Crippen LogP contribution in [-0.4, -0.2) is 0 Å². The Balaban J connectivity index is 2.18. The molecule has 1 nitrogen and oxygen atoms in total. The summed E-state index contributed by atoms with van der Waals surface area (Å²) in [5.74, 6) is -0.307. The van der Waals surface area contributed by atoms with Crippen LogP contribution in [0.25, 0.3) is 0 Å². The lowest BCUT2D eigenvalue weighted by Gasteiger charge is -2.20. The van der Waals surface area contributed by atoms with Crippen molar-refractivity contribution in [1.82, 2.24) is 0 Å². The van der Waals surface area contributed by atoms with Crippen molar-refractivity contribution in [2.75, 3.05) is 5.73 Å². The number of benzene rings is 2. The van der Waals surface area contributed by atoms with Crippen molar-refractivity contribution in [1.29, 1.82) is 0 Å². The highest BCUT2D eigenvalue weighted by Gasteiger charge is 2.32. The molecule has 0 fully saturated rings. The zero-order chi connectivity index (χ0) is 16.4. The zero-order valence-corrected chi connectivity index (χ0v) is 12.9. The maximum absolute atomic E-state index is 13.1. The van der Waals surface area contributed by atoms with Gasteiger partial charge < -0.3 is 5.73 Å². The number of hydrogen-bond donors (Lipinski definition) is 1. The molecule has 0 saturated carbocycles. The van der Waals surface area contributed by atoms with Crippen molar-refractivity contribution in [3.05, 3.63) is 87.6 Å². The minimum absolute atomic E-state index is 0.307. The fourth-order valence-corrected chi connectivity index (χ4v) is 3.47. The molecule has 5 heteroatoms. The van der Waals surface area contributed by atoms with Crippen LogP contribution in [0.3, 0.4) is 0 Å². The molecule has 1 aromatic heterocycles. The van der Waals surface area contributed by atoms with E-state index in [1.807, 2.05) is 47.8 Å². The molecule has 2 aromatic carbocycles. The van der Waals surface area contributed by atoms with Crippen molar-refractivity contribution in [3.8, 4) is 0 Å². The van der Waals surface area contributed by atoms with Gasteiger partial charge in [-0.15, -0.1) is 11.3 Å². The second-order valence-corrected chi connectivity index (χ2v) is 6.18. The van der Waals surface area contributed by atoms with Gasteiger partial charge in [0.1, 0.15) is 0 Å². The first kappa shape index (κ1) is 15.6. The van der Waals surface area contributed by atoms with E-state index in [9.17, 15) is 13.2 Å². The maximum atomic E-state index is 13.1. The molecule has 118 valence electrons. The molecule has 3 aromatic rings. The van der Waals surface area contributed by atoms with Gasteiger partial charge >= 0.3 is 6.18 Å². The summed E-state index contributed by atoms with van der Waals surface area (Å²) in [6.07, 6.45) is -4.39. The average molecular weight is 333 g/mol. The van der Waals surface area contributed by atoms with Crippen LogP contribution in [0.1, 0.15) is 27.5 Å². The zero-order valence-electron chi connectivity index (χ0n) is 12.0. The summed E-state index contributed by atoms with van der Waals surface area (Å²) in [6.45, 7) is 0. The molecule has 0 aliphatic heterocycles. The molecule has 23 heavy (non-hydrogen) atoms. The molecule has 0 radical (unpaired) electrons. The number of anilines is 1. The number of alkyl halides is 3. The van der Waals surface area contributed by atoms with E-state index in [-0.39, 0.29) is 5.92 Å². The summed E-state index contributed by atoms with van der Waals surface area (Å²) in [6, 6.07) is 16.8. The molecular weight excluding hydrogens is 319 g/mol. The summed E-state index contributed by atoms with van der Waals surface area (Å²) in [4.78, 5) is 0.960. The van der Waals surface area contributed by atoms with E-state index in [4.69, 9.17) is 5.73 Å². The van der Waals surface area contributed by atoms with Gasteiger partial charge in [0.05, 0.1) is 5.56 Å². The Bertz CT molecular complexity index is 780. The second kappa shape index (κ2) is 6.08. The van der Waals surface area contributed by atoms with Crippen LogP contribution in [0.5, 0.6) is 0 Å². The topological polar surface area (TPSA) is 26.0 Å². The van der Waals surface area contributed by atoms with E-state index >= 15 is 0 Å². The third kappa shape index (κ3) is 3.24. The fraction of sp³-hybridized carbons (Fsp3) is 0.111. The Morgan fingerprint density at radius 1 is 0.913 bits per heavy atom. The Labute approximate surface area is 136 Å². The van der Waals surface area contributed by atoms with E-state index in [0.29, 0.717) is 11.3 Å². The predicted molar refractivity (Wildman–Crippen MR) is 87.6 cm³/mol. The Kier molecular flexibility index (Phi) is 4.13. The molecule has 0 aliphatic carbocycles. The largest absolute Gasteiger partial charge is 0.416 e. The van der Waals surface area contributed by atoms with Crippen LogP contribution in [0.4, 0.5) is 18.9 Å². The van der Waals surface area contributed by atoms with E-state index in [0.717, 1.165) is 22.6 Å². The van der Waals surface area contributed by atoms with Crippen molar-refractivity contribution >= 4 is 17.0 Å². The molecule has 1 unspecified atom stereocenters. The van der Waals surface area contributed by atoms with Gasteiger partial charge in [0.25, 0.3) is 0 Å². The number of hydrogen-bond acceptors (Lipinski definition) is 2. The van der Waals surface area contributed by atoms with Crippen LogP contribution in [-0.2, 0) is 6.18 Å². The highest BCUT2D eigenvalue weighted by Crippen LogP contribution is 2.40. The van der Waals surface area contributed by atoms with Crippen LogP contribution in [0.15, 0.2) is 66.0 Å². The van der Waals surface area contributed by atoms with Crippen LogP contribution in [0.2, 0.25) is 0 Å². The molecule has 0 aliphatic rings. The number of nitrogens with two attached hydrogens (primary N) is 1. The summed E-state index contributed by atoms with van der Waals surface area (Å²) < 4.78 is 39.2. The highest BCUT2D eigenvalue weighted by molar-refractivity contribution is 7.10. The Hall–Kier alpha value is -2.27. The van der Waals surface area contributed by atoms with Gasteiger partial charge in [-0.2, -0.15) is 13.2 Å². The van der Waals surface area contributed by atoms with Crippen LogP contribution in [0, 0.1) is 0 Å². The van der Waals surface area contributed by atoms with Crippen LogP contribution < -0.4 is 5.73 Å². The van der Waals surface area contributed by atoms with Crippen molar-refractivity contribution in [2.45, 2.75) is 12.1 Å². The molecule has 1 atom stereocenters. The minimum Gasteiger partial charge on any atom is -0.398 e. The van der Waals surface area contributed by atoms with Gasteiger partial charge in [0, 0.05) is 16.5 Å². The van der Waals surface area contributed by atoms with Gasteiger partial charge in [-0.1, -0.05) is 36.4 Å². The van der Waals surface area contributed by atoms with E-state index in [1.165, 1.54) is 17.4 Å². The third-order valence-electron chi connectivity index (χ3n) is 3.69.